The molecule has 2 aromatic rings. The molecular formula is C22H29N3O5S. The third-order valence-corrected chi connectivity index (χ3v) is 6.33. The third kappa shape index (κ3) is 8.12. The second-order valence-corrected chi connectivity index (χ2v) is 9.19. The van der Waals surface area contributed by atoms with Gasteiger partial charge in [0.1, 0.15) is 0 Å². The molecule has 0 radical (unpaired) electrons. The quantitative estimate of drug-likeness (QED) is 0.549. The van der Waals surface area contributed by atoms with Gasteiger partial charge < -0.3 is 21.0 Å². The molecule has 1 amide bonds. The van der Waals surface area contributed by atoms with Gasteiger partial charge >= 0.3 is 0 Å². The van der Waals surface area contributed by atoms with Gasteiger partial charge in [-0.05, 0) is 43.9 Å². The first-order chi connectivity index (χ1) is 14.7. The zero-order valence-corrected chi connectivity index (χ0v) is 18.4. The van der Waals surface area contributed by atoms with Gasteiger partial charge in [0, 0.05) is 13.0 Å². The van der Waals surface area contributed by atoms with Crippen LogP contribution in [-0.4, -0.2) is 38.9 Å². The molecule has 0 bridgehead atoms. The second kappa shape index (κ2) is 11.6. The highest BCUT2D eigenvalue weighted by Gasteiger charge is 2.21. The summed E-state index contributed by atoms with van der Waals surface area (Å²) in [6.45, 7) is 2.67. The highest BCUT2D eigenvalue weighted by atomic mass is 32.2. The van der Waals surface area contributed by atoms with Crippen LogP contribution < -0.4 is 20.9 Å². The molecule has 9 heteroatoms. The Labute approximate surface area is 182 Å². The lowest BCUT2D eigenvalue weighted by atomic mass is 10.1. The minimum atomic E-state index is -3.91. The fourth-order valence-electron chi connectivity index (χ4n) is 3.00. The van der Waals surface area contributed by atoms with E-state index in [9.17, 15) is 23.1 Å². The topological polar surface area (TPSA) is 143 Å². The van der Waals surface area contributed by atoms with Crippen LogP contribution in [0.2, 0.25) is 0 Å². The number of carbonyl (C=O) groups is 2. The number of sulfonamides is 1. The van der Waals surface area contributed by atoms with Crippen LogP contribution in [0.5, 0.6) is 0 Å². The SMILES string of the molecule is Cc1ccc(S(=O)(=O)N[C@@H](Cc2ccccc2)C(=O)[O-])cc1.[NH3+][C@@H]1CCCCNC1=O. The van der Waals surface area contributed by atoms with Crippen LogP contribution in [0, 0.1) is 6.92 Å². The van der Waals surface area contributed by atoms with Gasteiger partial charge in [-0.3, -0.25) is 4.79 Å². The maximum atomic E-state index is 12.2. The summed E-state index contributed by atoms with van der Waals surface area (Å²) < 4.78 is 26.7. The maximum Gasteiger partial charge on any atom is 0.278 e. The smallest absolute Gasteiger partial charge is 0.278 e. The fraction of sp³-hybridized carbons (Fsp3) is 0.364. The molecule has 2 atom stereocenters. The van der Waals surface area contributed by atoms with E-state index in [-0.39, 0.29) is 23.3 Å². The number of amides is 1. The molecule has 1 aliphatic heterocycles. The Balaban J connectivity index is 0.000000316. The summed E-state index contributed by atoms with van der Waals surface area (Å²) >= 11 is 0. The van der Waals surface area contributed by atoms with Crippen LogP contribution in [0.3, 0.4) is 0 Å². The maximum absolute atomic E-state index is 12.2. The molecule has 0 aliphatic carbocycles. The van der Waals surface area contributed by atoms with E-state index in [0.717, 1.165) is 31.4 Å². The Bertz CT molecular complexity index is 962. The summed E-state index contributed by atoms with van der Waals surface area (Å²) in [5.74, 6) is -1.34. The summed E-state index contributed by atoms with van der Waals surface area (Å²) in [5.41, 5.74) is 5.35. The number of nitrogens with one attached hydrogen (secondary N) is 2. The average Bonchev–Trinajstić information content (AvgIpc) is 2.92. The molecule has 1 fully saturated rings. The molecular weight excluding hydrogens is 418 g/mol. The first-order valence-electron chi connectivity index (χ1n) is 10.1. The number of carboxylic acids is 1. The van der Waals surface area contributed by atoms with Crippen molar-refractivity contribution in [2.24, 2.45) is 0 Å². The van der Waals surface area contributed by atoms with Crippen molar-refractivity contribution in [3.63, 3.8) is 0 Å². The Kier molecular flexibility index (Phi) is 9.17. The van der Waals surface area contributed by atoms with Crippen molar-refractivity contribution in [3.8, 4) is 0 Å². The Morgan fingerprint density at radius 3 is 2.42 bits per heavy atom. The third-order valence-electron chi connectivity index (χ3n) is 4.85. The van der Waals surface area contributed by atoms with Crippen molar-refractivity contribution in [1.82, 2.24) is 10.0 Å². The Hall–Kier alpha value is -2.75. The number of aliphatic carboxylic acids is 1. The Morgan fingerprint density at radius 2 is 1.81 bits per heavy atom. The van der Waals surface area contributed by atoms with Crippen molar-refractivity contribution in [2.45, 2.75) is 49.6 Å². The summed E-state index contributed by atoms with van der Waals surface area (Å²) in [6, 6.07) is 13.6. The number of aryl methyl sites for hydroxylation is 1. The minimum absolute atomic E-state index is 0.00694. The molecule has 168 valence electrons. The van der Waals surface area contributed by atoms with Crippen LogP contribution in [0.4, 0.5) is 0 Å². The van der Waals surface area contributed by atoms with Gasteiger partial charge in [0.05, 0.1) is 16.9 Å². The molecule has 2 aromatic carbocycles. The van der Waals surface area contributed by atoms with E-state index in [0.29, 0.717) is 5.56 Å². The zero-order valence-electron chi connectivity index (χ0n) is 17.5. The summed E-state index contributed by atoms with van der Waals surface area (Å²) in [5, 5.41) is 14.0. The number of hydrogen-bond acceptors (Lipinski definition) is 5. The van der Waals surface area contributed by atoms with E-state index >= 15 is 0 Å². The fourth-order valence-corrected chi connectivity index (χ4v) is 4.18. The monoisotopic (exact) mass is 447 g/mol. The van der Waals surface area contributed by atoms with Crippen LogP contribution in [0.25, 0.3) is 0 Å². The highest BCUT2D eigenvalue weighted by Crippen LogP contribution is 2.12. The largest absolute Gasteiger partial charge is 0.548 e. The number of quaternary nitrogens is 1. The van der Waals surface area contributed by atoms with Crippen LogP contribution in [-0.2, 0) is 26.0 Å². The molecule has 31 heavy (non-hydrogen) atoms. The van der Waals surface area contributed by atoms with E-state index < -0.39 is 22.0 Å². The first-order valence-corrected chi connectivity index (χ1v) is 11.6. The zero-order chi connectivity index (χ0) is 22.9. The lowest BCUT2D eigenvalue weighted by Crippen LogP contribution is -2.66. The average molecular weight is 448 g/mol. The van der Waals surface area contributed by atoms with Gasteiger partial charge in [0.2, 0.25) is 10.0 Å². The number of carboxylic acid groups (broad SMARTS) is 1. The van der Waals surface area contributed by atoms with Gasteiger partial charge in [0.25, 0.3) is 5.91 Å². The van der Waals surface area contributed by atoms with E-state index in [1.165, 1.54) is 12.1 Å². The van der Waals surface area contributed by atoms with Gasteiger partial charge in [0.15, 0.2) is 6.04 Å². The van der Waals surface area contributed by atoms with Crippen molar-refractivity contribution in [1.29, 1.82) is 0 Å². The van der Waals surface area contributed by atoms with Gasteiger partial charge in [-0.25, -0.2) is 13.1 Å². The standard InChI is InChI=1S/C16H17NO4S.C6H12N2O/c1-12-7-9-14(10-8-12)22(20,21)17-15(16(18)19)11-13-5-3-2-4-6-13;7-5-3-1-2-4-8-6(5)9/h2-10,15,17H,11H2,1H3,(H,18,19);5H,1-4,7H2,(H,8,9)/t15-;5-/m01/s1. The second-order valence-electron chi connectivity index (χ2n) is 7.48. The van der Waals surface area contributed by atoms with Crippen molar-refractivity contribution in [3.05, 3.63) is 65.7 Å². The summed E-state index contributed by atoms with van der Waals surface area (Å²) in [4.78, 5) is 22.1. The number of hydrogen-bond donors (Lipinski definition) is 3. The highest BCUT2D eigenvalue weighted by molar-refractivity contribution is 7.89. The van der Waals surface area contributed by atoms with E-state index in [1.54, 1.807) is 42.5 Å². The molecule has 5 N–H and O–H groups in total. The number of carbonyl (C=O) groups excluding carboxylic acids is 2. The molecule has 0 aromatic heterocycles. The van der Waals surface area contributed by atoms with Gasteiger partial charge in [-0.2, -0.15) is 0 Å². The summed E-state index contributed by atoms with van der Waals surface area (Å²) in [6.07, 6.45) is 3.21. The van der Waals surface area contributed by atoms with Gasteiger partial charge in [-0.1, -0.05) is 48.0 Å². The molecule has 0 unspecified atom stereocenters. The predicted octanol–water partition coefficient (Wildman–Crippen LogP) is -0.468. The molecule has 0 spiro atoms. The van der Waals surface area contributed by atoms with E-state index in [1.807, 2.05) is 6.92 Å². The van der Waals surface area contributed by atoms with Crippen LogP contribution >= 0.6 is 0 Å². The van der Waals surface area contributed by atoms with Crippen molar-refractivity contribution in [2.75, 3.05) is 6.54 Å². The molecule has 3 rings (SSSR count). The van der Waals surface area contributed by atoms with Gasteiger partial charge in [-0.15, -0.1) is 0 Å². The molecule has 0 saturated carbocycles. The van der Waals surface area contributed by atoms with E-state index in [4.69, 9.17) is 0 Å². The van der Waals surface area contributed by atoms with Crippen LogP contribution in [0.1, 0.15) is 30.4 Å². The number of benzene rings is 2. The lowest BCUT2D eigenvalue weighted by molar-refractivity contribution is -0.404. The first kappa shape index (κ1) is 24.5. The summed E-state index contributed by atoms with van der Waals surface area (Å²) in [7, 11) is -3.91. The molecule has 1 saturated heterocycles. The van der Waals surface area contributed by atoms with Crippen LogP contribution in [0.15, 0.2) is 59.5 Å². The predicted molar refractivity (Wildman–Crippen MR) is 114 cm³/mol. The van der Waals surface area contributed by atoms with Crippen molar-refractivity contribution < 1.29 is 28.8 Å². The van der Waals surface area contributed by atoms with E-state index in [2.05, 4.69) is 15.8 Å². The Morgan fingerprint density at radius 1 is 1.16 bits per heavy atom. The molecule has 8 nitrogen and oxygen atoms in total. The number of rotatable bonds is 6. The van der Waals surface area contributed by atoms with Crippen molar-refractivity contribution >= 4 is 21.9 Å². The lowest BCUT2D eigenvalue weighted by Gasteiger charge is -2.20. The molecule has 1 heterocycles. The normalized spacial score (nSPS) is 17.5. The minimum Gasteiger partial charge on any atom is -0.548 e. The molecule has 1 aliphatic rings.